The lowest BCUT2D eigenvalue weighted by molar-refractivity contribution is -0.137. The first-order chi connectivity index (χ1) is 13.4. The van der Waals surface area contributed by atoms with Gasteiger partial charge in [0.2, 0.25) is 5.60 Å². The molecule has 0 bridgehead atoms. The number of fused-ring (bicyclic) bond motifs is 1. The van der Waals surface area contributed by atoms with Gasteiger partial charge in [-0.3, -0.25) is 9.59 Å². The summed E-state index contributed by atoms with van der Waals surface area (Å²) in [5, 5.41) is 14.8. The second-order valence-corrected chi connectivity index (χ2v) is 6.99. The largest absolute Gasteiger partial charge is 0.375 e. The monoisotopic (exact) mass is 380 g/mol. The third-order valence-corrected chi connectivity index (χ3v) is 5.07. The zero-order chi connectivity index (χ0) is 19.9. The van der Waals surface area contributed by atoms with Crippen molar-refractivity contribution in [3.05, 3.63) is 46.8 Å². The molecule has 4 rings (SSSR count). The Balaban J connectivity index is 1.71. The third kappa shape index (κ3) is 3.05. The molecule has 1 aromatic carbocycles. The van der Waals surface area contributed by atoms with Crippen LogP contribution in [0.4, 0.5) is 0 Å². The zero-order valence-corrected chi connectivity index (χ0v) is 15.4. The molecule has 1 saturated heterocycles. The minimum absolute atomic E-state index is 0.253. The Bertz CT molecular complexity index is 1030. The Morgan fingerprint density at radius 2 is 2.25 bits per heavy atom. The van der Waals surface area contributed by atoms with Crippen molar-refractivity contribution >= 4 is 11.8 Å². The van der Waals surface area contributed by atoms with Crippen LogP contribution in [0.2, 0.25) is 0 Å². The molecule has 0 spiro atoms. The Hall–Kier alpha value is -3.15. The highest BCUT2D eigenvalue weighted by Crippen LogP contribution is 2.25. The molecule has 3 heterocycles. The smallest absolute Gasteiger partial charge is 0.269 e. The third-order valence-electron chi connectivity index (χ3n) is 5.07. The van der Waals surface area contributed by atoms with Gasteiger partial charge in [0.25, 0.3) is 11.8 Å². The van der Waals surface area contributed by atoms with Crippen LogP contribution in [0.15, 0.2) is 24.3 Å². The molecule has 2 aromatic rings. The quantitative estimate of drug-likeness (QED) is 0.712. The minimum atomic E-state index is -1.65. The van der Waals surface area contributed by atoms with Crippen molar-refractivity contribution in [2.75, 3.05) is 20.2 Å². The molecule has 2 aliphatic heterocycles. The zero-order valence-electron chi connectivity index (χ0n) is 15.4. The van der Waals surface area contributed by atoms with Crippen LogP contribution in [0.5, 0.6) is 0 Å². The van der Waals surface area contributed by atoms with Crippen LogP contribution in [0, 0.1) is 11.8 Å². The number of carbonyl (C=O) groups is 2. The summed E-state index contributed by atoms with van der Waals surface area (Å²) >= 11 is 0. The van der Waals surface area contributed by atoms with Gasteiger partial charge in [-0.1, -0.05) is 17.9 Å². The number of nitrogens with two attached hydrogens (primary N) is 1. The van der Waals surface area contributed by atoms with Gasteiger partial charge < -0.3 is 20.5 Å². The fraction of sp³-hybridized carbons (Fsp3) is 0.350. The second-order valence-electron chi connectivity index (χ2n) is 6.99. The normalized spacial score (nSPS) is 21.2. The standard InChI is InChI=1S/C20H20N4O4/c1-23-9-8-20(27,19(23)26)7-5-13-3-2-4-14(11-13)24-16-12-28-10-6-15(16)17(22-24)18(21)25/h2-4,11,27H,6,8-10,12H2,1H3,(H2,21,25)/t20-/m0/s1. The van der Waals surface area contributed by atoms with Crippen molar-refractivity contribution in [2.45, 2.75) is 25.0 Å². The van der Waals surface area contributed by atoms with Gasteiger partial charge in [0.15, 0.2) is 5.69 Å². The number of rotatable bonds is 2. The molecule has 2 amide bonds. The molecule has 0 aliphatic carbocycles. The lowest BCUT2D eigenvalue weighted by Gasteiger charge is -2.15. The van der Waals surface area contributed by atoms with Crippen LogP contribution < -0.4 is 5.73 Å². The first-order valence-corrected chi connectivity index (χ1v) is 8.99. The maximum atomic E-state index is 12.1. The molecule has 1 atom stereocenters. The Labute approximate surface area is 161 Å². The number of likely N-dealkylation sites (N-methyl/N-ethyl adjacent to an activating group) is 1. The summed E-state index contributed by atoms with van der Waals surface area (Å²) in [4.78, 5) is 25.3. The topological polar surface area (TPSA) is 111 Å². The molecule has 1 fully saturated rings. The van der Waals surface area contributed by atoms with E-state index in [1.165, 1.54) is 4.90 Å². The van der Waals surface area contributed by atoms with Gasteiger partial charge >= 0.3 is 0 Å². The van der Waals surface area contributed by atoms with E-state index in [-0.39, 0.29) is 18.0 Å². The van der Waals surface area contributed by atoms with Gasteiger partial charge in [-0.2, -0.15) is 5.10 Å². The number of amides is 2. The van der Waals surface area contributed by atoms with Crippen LogP contribution in [-0.4, -0.2) is 57.4 Å². The van der Waals surface area contributed by atoms with Crippen molar-refractivity contribution in [1.29, 1.82) is 0 Å². The van der Waals surface area contributed by atoms with E-state index < -0.39 is 11.5 Å². The number of ether oxygens (including phenoxy) is 1. The van der Waals surface area contributed by atoms with Crippen molar-refractivity contribution in [2.24, 2.45) is 5.73 Å². The first kappa shape index (κ1) is 18.2. The molecule has 3 N–H and O–H groups in total. The highest BCUT2D eigenvalue weighted by Gasteiger charge is 2.42. The fourth-order valence-corrected chi connectivity index (χ4v) is 3.51. The molecule has 1 aromatic heterocycles. The molecular weight excluding hydrogens is 360 g/mol. The number of hydrogen-bond acceptors (Lipinski definition) is 5. The lowest BCUT2D eigenvalue weighted by Crippen LogP contribution is -2.37. The average molecular weight is 380 g/mol. The summed E-state index contributed by atoms with van der Waals surface area (Å²) in [6.45, 7) is 1.33. The Morgan fingerprint density at radius 1 is 1.43 bits per heavy atom. The van der Waals surface area contributed by atoms with E-state index in [0.29, 0.717) is 37.4 Å². The van der Waals surface area contributed by atoms with E-state index in [1.54, 1.807) is 29.9 Å². The molecule has 2 aliphatic rings. The van der Waals surface area contributed by atoms with Crippen molar-refractivity contribution in [1.82, 2.24) is 14.7 Å². The number of carbonyl (C=O) groups excluding carboxylic acids is 2. The second kappa shape index (κ2) is 6.78. The number of primary amides is 1. The van der Waals surface area contributed by atoms with E-state index >= 15 is 0 Å². The molecule has 0 radical (unpaired) electrons. The maximum absolute atomic E-state index is 12.1. The Morgan fingerprint density at radius 3 is 2.96 bits per heavy atom. The predicted molar refractivity (Wildman–Crippen MR) is 99.5 cm³/mol. The molecule has 28 heavy (non-hydrogen) atoms. The van der Waals surface area contributed by atoms with Crippen molar-refractivity contribution < 1.29 is 19.4 Å². The highest BCUT2D eigenvalue weighted by molar-refractivity contribution is 5.92. The highest BCUT2D eigenvalue weighted by atomic mass is 16.5. The summed E-state index contributed by atoms with van der Waals surface area (Å²) in [6, 6.07) is 7.20. The van der Waals surface area contributed by atoms with E-state index in [0.717, 1.165) is 11.3 Å². The fourth-order valence-electron chi connectivity index (χ4n) is 3.51. The summed E-state index contributed by atoms with van der Waals surface area (Å²) in [5.41, 5.74) is 6.99. The number of nitrogens with zero attached hydrogens (tertiary/aromatic N) is 3. The van der Waals surface area contributed by atoms with Gasteiger partial charge in [-0.25, -0.2) is 4.68 Å². The number of hydrogen-bond donors (Lipinski definition) is 2. The van der Waals surface area contributed by atoms with Crippen LogP contribution in [0.3, 0.4) is 0 Å². The van der Waals surface area contributed by atoms with Crippen molar-refractivity contribution in [3.8, 4) is 17.5 Å². The summed E-state index contributed by atoms with van der Waals surface area (Å²) < 4.78 is 7.16. The van der Waals surface area contributed by atoms with Gasteiger partial charge in [-0.05, 0) is 18.2 Å². The SMILES string of the molecule is CN1CC[C@@](O)(C#Cc2cccc(-n3nc(C(N)=O)c4c3COCC4)c2)C1=O. The summed E-state index contributed by atoms with van der Waals surface area (Å²) in [7, 11) is 1.64. The van der Waals surface area contributed by atoms with Crippen LogP contribution in [0.1, 0.15) is 33.7 Å². The minimum Gasteiger partial charge on any atom is -0.375 e. The van der Waals surface area contributed by atoms with Gasteiger partial charge in [-0.15, -0.1) is 0 Å². The molecule has 8 nitrogen and oxygen atoms in total. The average Bonchev–Trinajstić information content (AvgIpc) is 3.21. The molecule has 0 unspecified atom stereocenters. The van der Waals surface area contributed by atoms with Crippen LogP contribution in [-0.2, 0) is 22.6 Å². The Kier molecular flexibility index (Phi) is 4.41. The van der Waals surface area contributed by atoms with E-state index in [1.807, 2.05) is 6.07 Å². The van der Waals surface area contributed by atoms with E-state index in [2.05, 4.69) is 16.9 Å². The summed E-state index contributed by atoms with van der Waals surface area (Å²) in [6.07, 6.45) is 0.858. The predicted octanol–water partition coefficient (Wildman–Crippen LogP) is -0.0114. The summed E-state index contributed by atoms with van der Waals surface area (Å²) in [5.74, 6) is 4.63. The van der Waals surface area contributed by atoms with E-state index in [4.69, 9.17) is 10.5 Å². The molecule has 144 valence electrons. The van der Waals surface area contributed by atoms with Gasteiger partial charge in [0.1, 0.15) is 0 Å². The first-order valence-electron chi connectivity index (χ1n) is 8.99. The molecule has 8 heteroatoms. The van der Waals surface area contributed by atoms with Gasteiger partial charge in [0.05, 0.1) is 24.6 Å². The molecule has 0 saturated carbocycles. The van der Waals surface area contributed by atoms with Crippen LogP contribution in [0.25, 0.3) is 5.69 Å². The molecular formula is C20H20N4O4. The van der Waals surface area contributed by atoms with Crippen molar-refractivity contribution in [3.63, 3.8) is 0 Å². The number of likely N-dealkylation sites (tertiary alicyclic amines) is 1. The number of aromatic nitrogens is 2. The van der Waals surface area contributed by atoms with E-state index in [9.17, 15) is 14.7 Å². The van der Waals surface area contributed by atoms with Gasteiger partial charge in [0, 0.05) is 37.6 Å². The number of aliphatic hydroxyl groups is 1. The lowest BCUT2D eigenvalue weighted by atomic mass is 10.0. The number of benzene rings is 1. The van der Waals surface area contributed by atoms with Crippen LogP contribution >= 0.6 is 0 Å². The maximum Gasteiger partial charge on any atom is 0.269 e.